The minimum atomic E-state index is 0.974. The number of allylic oxidation sites excluding steroid dienone is 3. The summed E-state index contributed by atoms with van der Waals surface area (Å²) in [5, 5.41) is 1.27. The highest BCUT2D eigenvalue weighted by atomic mass is 14.7. The minimum absolute atomic E-state index is 0.974. The Morgan fingerprint density at radius 3 is 2.72 bits per heavy atom. The lowest BCUT2D eigenvalue weighted by molar-refractivity contribution is 1.07. The molecule has 0 aliphatic carbocycles. The van der Waals surface area contributed by atoms with Gasteiger partial charge in [-0.2, -0.15) is 0 Å². The van der Waals surface area contributed by atoms with Crippen molar-refractivity contribution in [2.75, 3.05) is 0 Å². The molecule has 0 unspecified atom stereocenters. The molecule has 1 aromatic heterocycles. The molecule has 1 nitrogen and oxygen atoms in total. The highest BCUT2D eigenvalue weighted by Gasteiger charge is 2.07. The summed E-state index contributed by atoms with van der Waals surface area (Å²) in [7, 11) is 0. The van der Waals surface area contributed by atoms with Crippen LogP contribution < -0.4 is 0 Å². The maximum Gasteiger partial charge on any atom is 0.0462 e. The highest BCUT2D eigenvalue weighted by Crippen LogP contribution is 2.26. The van der Waals surface area contributed by atoms with Crippen molar-refractivity contribution in [1.82, 2.24) is 4.98 Å². The molecule has 0 fully saturated rings. The van der Waals surface area contributed by atoms with Crippen LogP contribution in [0.15, 0.2) is 54.6 Å². The Morgan fingerprint density at radius 2 is 2.06 bits per heavy atom. The van der Waals surface area contributed by atoms with Gasteiger partial charge in [0.25, 0.3) is 0 Å². The largest absolute Gasteiger partial charge is 0.358 e. The zero-order valence-electron chi connectivity index (χ0n) is 11.1. The highest BCUT2D eigenvalue weighted by molar-refractivity contribution is 5.91. The molecule has 1 heteroatoms. The quantitative estimate of drug-likeness (QED) is 0.730. The Hall–Kier alpha value is -2.02. The fraction of sp³-hybridized carbons (Fsp3) is 0.176. The SMILES string of the molecule is C=CC(=C)/C(C)=C/c1c(CC)[nH]c2ccccc12. The van der Waals surface area contributed by atoms with Gasteiger partial charge in [0.2, 0.25) is 0 Å². The molecule has 0 aliphatic heterocycles. The van der Waals surface area contributed by atoms with E-state index in [1.54, 1.807) is 6.08 Å². The van der Waals surface area contributed by atoms with Gasteiger partial charge in [0.15, 0.2) is 0 Å². The Bertz CT molecular complexity index is 626. The van der Waals surface area contributed by atoms with Crippen molar-refractivity contribution in [3.63, 3.8) is 0 Å². The summed E-state index contributed by atoms with van der Waals surface area (Å²) in [6, 6.07) is 8.40. The van der Waals surface area contributed by atoms with Crippen molar-refractivity contribution in [3.8, 4) is 0 Å². The van der Waals surface area contributed by atoms with Gasteiger partial charge in [-0.1, -0.05) is 44.4 Å². The first-order valence-corrected chi connectivity index (χ1v) is 6.27. The third-order valence-corrected chi connectivity index (χ3v) is 3.30. The molecule has 1 N–H and O–H groups in total. The van der Waals surface area contributed by atoms with E-state index in [1.165, 1.54) is 22.2 Å². The van der Waals surface area contributed by atoms with E-state index in [4.69, 9.17) is 0 Å². The lowest BCUT2D eigenvalue weighted by Crippen LogP contribution is -1.85. The molecule has 0 aliphatic rings. The van der Waals surface area contributed by atoms with Gasteiger partial charge in [-0.25, -0.2) is 0 Å². The number of fused-ring (bicyclic) bond motifs is 1. The second-order valence-electron chi connectivity index (χ2n) is 4.47. The fourth-order valence-electron chi connectivity index (χ4n) is 2.13. The molecule has 18 heavy (non-hydrogen) atoms. The summed E-state index contributed by atoms with van der Waals surface area (Å²) in [4.78, 5) is 3.48. The Balaban J connectivity index is 2.62. The summed E-state index contributed by atoms with van der Waals surface area (Å²) in [6.45, 7) is 12.0. The van der Waals surface area contributed by atoms with E-state index in [0.717, 1.165) is 17.6 Å². The van der Waals surface area contributed by atoms with Crippen LogP contribution in [0.3, 0.4) is 0 Å². The Kier molecular flexibility index (Phi) is 3.52. The molecule has 2 rings (SSSR count). The van der Waals surface area contributed by atoms with Crippen LogP contribution in [0.4, 0.5) is 0 Å². The van der Waals surface area contributed by atoms with Crippen molar-refractivity contribution >= 4 is 17.0 Å². The Morgan fingerprint density at radius 1 is 1.33 bits per heavy atom. The predicted molar refractivity (Wildman–Crippen MR) is 80.7 cm³/mol. The molecule has 0 saturated carbocycles. The minimum Gasteiger partial charge on any atom is -0.358 e. The van der Waals surface area contributed by atoms with Crippen LogP contribution in [0.2, 0.25) is 0 Å². The topological polar surface area (TPSA) is 15.8 Å². The molecule has 1 aromatic carbocycles. The first-order chi connectivity index (χ1) is 8.67. The van der Waals surface area contributed by atoms with E-state index in [1.807, 2.05) is 0 Å². The van der Waals surface area contributed by atoms with E-state index in [2.05, 4.69) is 62.3 Å². The van der Waals surface area contributed by atoms with Crippen LogP contribution >= 0.6 is 0 Å². The monoisotopic (exact) mass is 237 g/mol. The number of para-hydroxylation sites is 1. The molecule has 2 aromatic rings. The lowest BCUT2D eigenvalue weighted by atomic mass is 10.0. The molecule has 0 radical (unpaired) electrons. The molecule has 0 saturated heterocycles. The van der Waals surface area contributed by atoms with Crippen molar-refractivity contribution < 1.29 is 0 Å². The standard InChI is InChI=1S/C17H19N/c1-5-12(3)13(4)11-15-14-9-7-8-10-17(14)18-16(15)6-2/h5,7-11,18H,1,3,6H2,2,4H3/b13-11+. The fourth-order valence-corrected chi connectivity index (χ4v) is 2.13. The molecule has 1 heterocycles. The number of aromatic amines is 1. The molecular weight excluding hydrogens is 218 g/mol. The summed E-state index contributed by atoms with van der Waals surface area (Å²) in [5.74, 6) is 0. The van der Waals surface area contributed by atoms with Gasteiger partial charge < -0.3 is 4.98 Å². The number of rotatable bonds is 4. The second-order valence-corrected chi connectivity index (χ2v) is 4.47. The predicted octanol–water partition coefficient (Wildman–Crippen LogP) is 4.88. The van der Waals surface area contributed by atoms with E-state index in [-0.39, 0.29) is 0 Å². The Labute approximate surface area is 109 Å². The van der Waals surface area contributed by atoms with Crippen molar-refractivity contribution in [2.45, 2.75) is 20.3 Å². The zero-order chi connectivity index (χ0) is 13.1. The average molecular weight is 237 g/mol. The van der Waals surface area contributed by atoms with Crippen molar-refractivity contribution in [3.05, 3.63) is 65.9 Å². The third-order valence-electron chi connectivity index (χ3n) is 3.30. The smallest absolute Gasteiger partial charge is 0.0462 e. The van der Waals surface area contributed by atoms with Crippen LogP contribution in [0.1, 0.15) is 25.1 Å². The van der Waals surface area contributed by atoms with E-state index in [0.29, 0.717) is 0 Å². The van der Waals surface area contributed by atoms with Crippen molar-refractivity contribution in [1.29, 1.82) is 0 Å². The normalized spacial score (nSPS) is 11.8. The number of nitrogens with one attached hydrogen (secondary N) is 1. The molecule has 92 valence electrons. The van der Waals surface area contributed by atoms with Crippen LogP contribution in [-0.4, -0.2) is 4.98 Å². The summed E-state index contributed by atoms with van der Waals surface area (Å²) >= 11 is 0. The summed E-state index contributed by atoms with van der Waals surface area (Å²) < 4.78 is 0. The summed E-state index contributed by atoms with van der Waals surface area (Å²) in [5.41, 5.74) is 5.87. The van der Waals surface area contributed by atoms with Gasteiger partial charge >= 0.3 is 0 Å². The van der Waals surface area contributed by atoms with Gasteiger partial charge in [0.1, 0.15) is 0 Å². The summed E-state index contributed by atoms with van der Waals surface area (Å²) in [6.07, 6.45) is 4.99. The number of hydrogen-bond donors (Lipinski definition) is 1. The van der Waals surface area contributed by atoms with E-state index >= 15 is 0 Å². The maximum absolute atomic E-state index is 3.99. The number of aryl methyl sites for hydroxylation is 1. The lowest BCUT2D eigenvalue weighted by Gasteiger charge is -2.02. The number of hydrogen-bond acceptors (Lipinski definition) is 0. The first kappa shape index (κ1) is 12.4. The van der Waals surface area contributed by atoms with Gasteiger partial charge in [-0.05, 0) is 36.6 Å². The van der Waals surface area contributed by atoms with Crippen LogP contribution in [0.5, 0.6) is 0 Å². The first-order valence-electron chi connectivity index (χ1n) is 6.27. The van der Waals surface area contributed by atoms with Crippen LogP contribution in [0, 0.1) is 0 Å². The van der Waals surface area contributed by atoms with Crippen molar-refractivity contribution in [2.24, 2.45) is 0 Å². The molecule has 0 spiro atoms. The van der Waals surface area contributed by atoms with Gasteiger partial charge in [-0.15, -0.1) is 0 Å². The average Bonchev–Trinajstić information content (AvgIpc) is 2.76. The second kappa shape index (κ2) is 5.09. The van der Waals surface area contributed by atoms with E-state index < -0.39 is 0 Å². The number of aromatic nitrogens is 1. The number of benzene rings is 1. The number of H-pyrrole nitrogens is 1. The van der Waals surface area contributed by atoms with Crippen LogP contribution in [0.25, 0.3) is 17.0 Å². The molecule has 0 bridgehead atoms. The zero-order valence-corrected chi connectivity index (χ0v) is 11.1. The molecule has 0 amide bonds. The molecule has 0 atom stereocenters. The molecular formula is C17H19N. The van der Waals surface area contributed by atoms with Crippen LogP contribution in [-0.2, 0) is 6.42 Å². The third kappa shape index (κ3) is 2.17. The van der Waals surface area contributed by atoms with Gasteiger partial charge in [-0.3, -0.25) is 0 Å². The van der Waals surface area contributed by atoms with E-state index in [9.17, 15) is 0 Å². The maximum atomic E-state index is 3.99. The van der Waals surface area contributed by atoms with Gasteiger partial charge in [0, 0.05) is 22.2 Å². The van der Waals surface area contributed by atoms with Gasteiger partial charge in [0.05, 0.1) is 0 Å².